The summed E-state index contributed by atoms with van der Waals surface area (Å²) in [4.78, 5) is 0. The van der Waals surface area contributed by atoms with Gasteiger partial charge in [0.05, 0.1) is 0 Å². The first-order chi connectivity index (χ1) is 10.4. The van der Waals surface area contributed by atoms with Gasteiger partial charge in [-0.3, -0.25) is 0 Å². The zero-order chi connectivity index (χ0) is 14.1. The molecule has 2 saturated heterocycles. The quantitative estimate of drug-likeness (QED) is 0.693. The number of benzene rings is 2. The molecule has 2 aliphatic heterocycles. The van der Waals surface area contributed by atoms with E-state index >= 15 is 0 Å². The average molecular weight is 294 g/mol. The third-order valence-electron chi connectivity index (χ3n) is 5.23. The smallest absolute Gasteiger partial charge is 0.0119 e. The fraction of sp³-hybridized carbons (Fsp3) is 0.400. The Morgan fingerprint density at radius 3 is 1.43 bits per heavy atom. The molecule has 1 heteroatoms. The van der Waals surface area contributed by atoms with Crippen molar-refractivity contribution in [3.8, 4) is 0 Å². The molecule has 0 aliphatic carbocycles. The maximum absolute atomic E-state index is 2.33. The number of hydrogen-bond donors (Lipinski definition) is 0. The van der Waals surface area contributed by atoms with Gasteiger partial charge in [-0.05, 0) is 48.6 Å². The van der Waals surface area contributed by atoms with Crippen molar-refractivity contribution in [2.24, 2.45) is 0 Å². The largest absolute Gasteiger partial charge is 0.154 e. The standard InChI is InChI=1S/C20H22S/c1-3-7-15(8-4-1)17-11-13-20-18(12-14-19(17)21-20)16-9-5-2-6-10-16/h1-10,17-20H,11-14H2/t17-,18-,19+,20+/m0/s1. The van der Waals surface area contributed by atoms with Gasteiger partial charge in [0.15, 0.2) is 0 Å². The number of fused-ring (bicyclic) bond motifs is 2. The van der Waals surface area contributed by atoms with E-state index in [-0.39, 0.29) is 0 Å². The predicted molar refractivity (Wildman–Crippen MR) is 92.0 cm³/mol. The first-order valence-electron chi connectivity index (χ1n) is 8.17. The molecule has 0 amide bonds. The van der Waals surface area contributed by atoms with Crippen LogP contribution in [0.2, 0.25) is 0 Å². The van der Waals surface area contributed by atoms with Crippen molar-refractivity contribution in [2.75, 3.05) is 0 Å². The van der Waals surface area contributed by atoms with Crippen LogP contribution < -0.4 is 0 Å². The SMILES string of the molecule is c1ccc([C@@H]2CC[C@H]3S[C@@H]2CC[C@H]3c2ccccc2)cc1. The molecular weight excluding hydrogens is 272 g/mol. The monoisotopic (exact) mass is 294 g/mol. The van der Waals surface area contributed by atoms with Gasteiger partial charge in [-0.15, -0.1) is 0 Å². The van der Waals surface area contributed by atoms with Gasteiger partial charge in [0, 0.05) is 10.5 Å². The van der Waals surface area contributed by atoms with Crippen molar-refractivity contribution in [1.82, 2.24) is 0 Å². The normalized spacial score (nSPS) is 31.8. The second-order valence-corrected chi connectivity index (χ2v) is 7.89. The lowest BCUT2D eigenvalue weighted by Gasteiger charge is -2.44. The minimum Gasteiger partial charge on any atom is -0.154 e. The zero-order valence-corrected chi connectivity index (χ0v) is 13.1. The Morgan fingerprint density at radius 1 is 0.571 bits per heavy atom. The molecular formula is C20H22S. The van der Waals surface area contributed by atoms with E-state index < -0.39 is 0 Å². The summed E-state index contributed by atoms with van der Waals surface area (Å²) < 4.78 is 0. The molecule has 2 aromatic carbocycles. The lowest BCUT2D eigenvalue weighted by Crippen LogP contribution is -2.34. The number of thioether (sulfide) groups is 1. The predicted octanol–water partition coefficient (Wildman–Crippen LogP) is 5.61. The molecule has 2 aliphatic rings. The Hall–Kier alpha value is -1.21. The van der Waals surface area contributed by atoms with E-state index in [0.29, 0.717) is 0 Å². The van der Waals surface area contributed by atoms with Crippen LogP contribution in [0.3, 0.4) is 0 Å². The second-order valence-electron chi connectivity index (χ2n) is 6.40. The summed E-state index contributed by atoms with van der Waals surface area (Å²) in [6.45, 7) is 0. The van der Waals surface area contributed by atoms with Crippen LogP contribution in [0.5, 0.6) is 0 Å². The summed E-state index contributed by atoms with van der Waals surface area (Å²) in [5.41, 5.74) is 3.12. The first-order valence-corrected chi connectivity index (χ1v) is 9.11. The van der Waals surface area contributed by atoms with Gasteiger partial charge in [0.2, 0.25) is 0 Å². The molecule has 0 saturated carbocycles. The first kappa shape index (κ1) is 13.5. The highest BCUT2D eigenvalue weighted by Crippen LogP contribution is 2.53. The fourth-order valence-corrected chi connectivity index (χ4v) is 6.13. The topological polar surface area (TPSA) is 0 Å². The maximum atomic E-state index is 2.33. The third-order valence-corrected chi connectivity index (χ3v) is 7.05. The van der Waals surface area contributed by atoms with Gasteiger partial charge in [-0.2, -0.15) is 11.8 Å². The molecule has 2 fully saturated rings. The van der Waals surface area contributed by atoms with Gasteiger partial charge in [-0.1, -0.05) is 60.7 Å². The Kier molecular flexibility index (Phi) is 3.77. The highest BCUT2D eigenvalue weighted by molar-refractivity contribution is 8.00. The molecule has 108 valence electrons. The average Bonchev–Trinajstić information content (AvgIpc) is 2.57. The zero-order valence-electron chi connectivity index (χ0n) is 12.3. The van der Waals surface area contributed by atoms with Crippen molar-refractivity contribution in [1.29, 1.82) is 0 Å². The molecule has 0 unspecified atom stereocenters. The molecule has 2 aromatic rings. The fourth-order valence-electron chi connectivity index (χ4n) is 4.18. The molecule has 0 radical (unpaired) electrons. The van der Waals surface area contributed by atoms with Crippen molar-refractivity contribution in [2.45, 2.75) is 48.0 Å². The van der Waals surface area contributed by atoms with E-state index in [1.54, 1.807) is 11.1 Å². The van der Waals surface area contributed by atoms with Crippen molar-refractivity contribution >= 4 is 11.8 Å². The second kappa shape index (κ2) is 5.88. The molecule has 21 heavy (non-hydrogen) atoms. The number of hydrogen-bond acceptors (Lipinski definition) is 1. The molecule has 2 heterocycles. The van der Waals surface area contributed by atoms with Gasteiger partial charge in [0.25, 0.3) is 0 Å². The van der Waals surface area contributed by atoms with E-state index in [4.69, 9.17) is 0 Å². The van der Waals surface area contributed by atoms with Crippen LogP contribution >= 0.6 is 11.8 Å². The van der Waals surface area contributed by atoms with Gasteiger partial charge >= 0.3 is 0 Å². The Balaban J connectivity index is 1.52. The van der Waals surface area contributed by atoms with Crippen molar-refractivity contribution < 1.29 is 0 Å². The van der Waals surface area contributed by atoms with Crippen molar-refractivity contribution in [3.05, 3.63) is 71.8 Å². The van der Waals surface area contributed by atoms with E-state index in [9.17, 15) is 0 Å². The molecule has 4 rings (SSSR count). The summed E-state index contributed by atoms with van der Waals surface area (Å²) >= 11 is 2.28. The molecule has 0 aromatic heterocycles. The van der Waals surface area contributed by atoms with Crippen LogP contribution in [0.4, 0.5) is 0 Å². The maximum Gasteiger partial charge on any atom is 0.0119 e. The molecule has 0 nitrogen and oxygen atoms in total. The minimum absolute atomic E-state index is 0.782. The van der Waals surface area contributed by atoms with Crippen LogP contribution in [0.1, 0.15) is 48.6 Å². The van der Waals surface area contributed by atoms with Crippen LogP contribution in [0.25, 0.3) is 0 Å². The lowest BCUT2D eigenvalue weighted by molar-refractivity contribution is 0.408. The van der Waals surface area contributed by atoms with Crippen molar-refractivity contribution in [3.63, 3.8) is 0 Å². The summed E-state index contributed by atoms with van der Waals surface area (Å²) in [6.07, 6.45) is 5.49. The Labute approximate surface area is 132 Å². The van der Waals surface area contributed by atoms with E-state index in [2.05, 4.69) is 72.4 Å². The summed E-state index contributed by atoms with van der Waals surface area (Å²) in [7, 11) is 0. The summed E-state index contributed by atoms with van der Waals surface area (Å²) in [5.74, 6) is 1.56. The highest BCUT2D eigenvalue weighted by atomic mass is 32.2. The lowest BCUT2D eigenvalue weighted by atomic mass is 9.78. The number of rotatable bonds is 2. The third kappa shape index (κ3) is 2.64. The molecule has 0 spiro atoms. The summed E-state index contributed by atoms with van der Waals surface area (Å²) in [6, 6.07) is 22.4. The van der Waals surface area contributed by atoms with E-state index in [0.717, 1.165) is 22.3 Å². The Morgan fingerprint density at radius 2 is 1.00 bits per heavy atom. The van der Waals surface area contributed by atoms with Gasteiger partial charge < -0.3 is 0 Å². The molecule has 4 atom stereocenters. The van der Waals surface area contributed by atoms with E-state index in [1.165, 1.54) is 25.7 Å². The van der Waals surface area contributed by atoms with Crippen LogP contribution in [0, 0.1) is 0 Å². The summed E-state index contributed by atoms with van der Waals surface area (Å²) in [5, 5.41) is 1.68. The van der Waals surface area contributed by atoms with Gasteiger partial charge in [-0.25, -0.2) is 0 Å². The van der Waals surface area contributed by atoms with Crippen LogP contribution in [-0.2, 0) is 0 Å². The molecule has 0 N–H and O–H groups in total. The minimum atomic E-state index is 0.782. The van der Waals surface area contributed by atoms with Gasteiger partial charge in [0.1, 0.15) is 0 Å². The van der Waals surface area contributed by atoms with Crippen LogP contribution in [-0.4, -0.2) is 10.5 Å². The van der Waals surface area contributed by atoms with Crippen LogP contribution in [0.15, 0.2) is 60.7 Å². The highest BCUT2D eigenvalue weighted by Gasteiger charge is 2.39. The molecule has 2 bridgehead atoms. The van der Waals surface area contributed by atoms with E-state index in [1.807, 2.05) is 0 Å². The Bertz CT molecular complexity index is 524.